The quantitative estimate of drug-likeness (QED) is 0.272. The summed E-state index contributed by atoms with van der Waals surface area (Å²) in [6.45, 7) is 1.50. The molecule has 1 N–H and O–H groups in total. The van der Waals surface area contributed by atoms with E-state index in [4.69, 9.17) is 53.4 Å². The third-order valence-corrected chi connectivity index (χ3v) is 5.92. The highest BCUT2D eigenvalue weighted by Crippen LogP contribution is 2.37. The van der Waals surface area contributed by atoms with Crippen molar-refractivity contribution in [2.24, 2.45) is 0 Å². The molecule has 0 bridgehead atoms. The fourth-order valence-corrected chi connectivity index (χ4v) is 4.22. The van der Waals surface area contributed by atoms with Crippen molar-refractivity contribution in [1.29, 1.82) is 0 Å². The highest BCUT2D eigenvalue weighted by Gasteiger charge is 2.24. The molecule has 1 aromatic heterocycles. The number of carbonyl (C=O) groups is 1. The Balaban J connectivity index is 1.78. The van der Waals surface area contributed by atoms with E-state index in [9.17, 15) is 9.59 Å². The Morgan fingerprint density at radius 2 is 1.58 bits per heavy atom. The number of benzene rings is 3. The van der Waals surface area contributed by atoms with Gasteiger partial charge < -0.3 is 23.9 Å². The Hall–Kier alpha value is -3.39. The maximum atomic E-state index is 13.5. The maximum Gasteiger partial charge on any atom is 0.265 e. The third kappa shape index (κ3) is 5.38. The first kappa shape index (κ1) is 25.7. The topological polar surface area (TPSA) is 87.0 Å². The normalized spacial score (nSPS) is 11.7. The molecule has 7 nitrogen and oxygen atoms in total. The van der Waals surface area contributed by atoms with Gasteiger partial charge in [-0.1, -0.05) is 34.8 Å². The number of methoxy groups -OCH3 is 2. The van der Waals surface area contributed by atoms with Gasteiger partial charge in [0.1, 0.15) is 5.58 Å². The molecule has 1 heterocycles. The molecular weight excluding hydrogens is 529 g/mol. The van der Waals surface area contributed by atoms with Crippen LogP contribution in [-0.4, -0.2) is 26.2 Å². The van der Waals surface area contributed by atoms with Crippen LogP contribution in [0.5, 0.6) is 17.2 Å². The zero-order valence-electron chi connectivity index (χ0n) is 19.4. The van der Waals surface area contributed by atoms with E-state index in [-0.39, 0.29) is 16.9 Å². The first-order chi connectivity index (χ1) is 17.2. The molecular formula is C26H20Cl3NO6. The van der Waals surface area contributed by atoms with Crippen molar-refractivity contribution >= 4 is 57.4 Å². The van der Waals surface area contributed by atoms with Gasteiger partial charge >= 0.3 is 0 Å². The van der Waals surface area contributed by atoms with Crippen molar-refractivity contribution in [3.63, 3.8) is 0 Å². The number of amides is 1. The zero-order valence-corrected chi connectivity index (χ0v) is 21.6. The van der Waals surface area contributed by atoms with E-state index in [1.54, 1.807) is 48.5 Å². The summed E-state index contributed by atoms with van der Waals surface area (Å²) in [7, 11) is 3.01. The lowest BCUT2D eigenvalue weighted by Gasteiger charge is -2.18. The lowest BCUT2D eigenvalue weighted by Crippen LogP contribution is -2.31. The van der Waals surface area contributed by atoms with Crippen LogP contribution in [0.25, 0.3) is 22.3 Å². The number of rotatable bonds is 7. The maximum absolute atomic E-state index is 13.5. The molecule has 36 heavy (non-hydrogen) atoms. The number of hydrogen-bond donors (Lipinski definition) is 1. The molecule has 1 amide bonds. The van der Waals surface area contributed by atoms with Crippen LogP contribution >= 0.6 is 34.8 Å². The molecule has 3 aromatic carbocycles. The van der Waals surface area contributed by atoms with E-state index in [1.807, 2.05) is 0 Å². The minimum Gasteiger partial charge on any atom is -0.493 e. The molecule has 10 heteroatoms. The molecule has 0 radical (unpaired) electrons. The van der Waals surface area contributed by atoms with Gasteiger partial charge in [-0.05, 0) is 61.5 Å². The van der Waals surface area contributed by atoms with Crippen molar-refractivity contribution in [2.75, 3.05) is 19.5 Å². The number of ether oxygens (including phenoxy) is 3. The van der Waals surface area contributed by atoms with Crippen molar-refractivity contribution in [1.82, 2.24) is 0 Å². The molecule has 1 unspecified atom stereocenters. The number of anilines is 1. The second kappa shape index (κ2) is 10.7. The molecule has 0 fully saturated rings. The second-order valence-corrected chi connectivity index (χ2v) is 9.02. The van der Waals surface area contributed by atoms with Gasteiger partial charge in [0.15, 0.2) is 23.4 Å². The van der Waals surface area contributed by atoms with Gasteiger partial charge in [0.25, 0.3) is 5.91 Å². The summed E-state index contributed by atoms with van der Waals surface area (Å²) in [4.78, 5) is 26.4. The summed E-state index contributed by atoms with van der Waals surface area (Å²) >= 11 is 18.1. The van der Waals surface area contributed by atoms with E-state index in [1.165, 1.54) is 27.2 Å². The fourth-order valence-electron chi connectivity index (χ4n) is 3.53. The molecule has 1 atom stereocenters. The molecule has 0 spiro atoms. The molecule has 0 saturated carbocycles. The van der Waals surface area contributed by atoms with E-state index in [2.05, 4.69) is 5.32 Å². The Morgan fingerprint density at radius 1 is 0.889 bits per heavy atom. The number of nitrogens with one attached hydrogen (secondary N) is 1. The predicted octanol–water partition coefficient (Wildman–Crippen LogP) is 6.84. The average molecular weight is 549 g/mol. The smallest absolute Gasteiger partial charge is 0.265 e. The number of fused-ring (bicyclic) bond motifs is 1. The standard InChI is InChI=1S/C26H20Cl3NO6/c1-13(26(32)30-18-10-16(28)9-17(29)11-18)35-25-23(31)19-12-15(27)5-7-20(19)36-24(25)14-4-6-21(33-2)22(8-14)34-3/h4-13H,1-3H3,(H,30,32). The summed E-state index contributed by atoms with van der Waals surface area (Å²) in [6.07, 6.45) is -1.10. The zero-order chi connectivity index (χ0) is 26.0. The highest BCUT2D eigenvalue weighted by molar-refractivity contribution is 6.35. The Morgan fingerprint density at radius 3 is 2.25 bits per heavy atom. The Bertz CT molecular complexity index is 1500. The summed E-state index contributed by atoms with van der Waals surface area (Å²) < 4.78 is 22.7. The van der Waals surface area contributed by atoms with Crippen molar-refractivity contribution in [2.45, 2.75) is 13.0 Å². The van der Waals surface area contributed by atoms with E-state index < -0.39 is 17.4 Å². The lowest BCUT2D eigenvalue weighted by atomic mass is 10.1. The minimum atomic E-state index is -1.10. The molecule has 4 rings (SSSR count). The van der Waals surface area contributed by atoms with Gasteiger partial charge in [-0.2, -0.15) is 0 Å². The molecule has 0 saturated heterocycles. The number of carbonyl (C=O) groups excluding carboxylic acids is 1. The van der Waals surface area contributed by atoms with Crippen LogP contribution in [0.4, 0.5) is 5.69 Å². The van der Waals surface area contributed by atoms with Crippen LogP contribution < -0.4 is 25.0 Å². The van der Waals surface area contributed by atoms with E-state index in [0.29, 0.717) is 43.4 Å². The number of hydrogen-bond acceptors (Lipinski definition) is 6. The van der Waals surface area contributed by atoms with E-state index in [0.717, 1.165) is 0 Å². The minimum absolute atomic E-state index is 0.112. The van der Waals surface area contributed by atoms with Crippen LogP contribution in [0.1, 0.15) is 6.92 Å². The summed E-state index contributed by atoms with van der Waals surface area (Å²) in [5.41, 5.74) is 0.664. The van der Waals surface area contributed by atoms with Crippen LogP contribution in [0.15, 0.2) is 63.8 Å². The largest absolute Gasteiger partial charge is 0.493 e. The third-order valence-electron chi connectivity index (χ3n) is 5.25. The van der Waals surface area contributed by atoms with Crippen LogP contribution in [0.2, 0.25) is 15.1 Å². The Kier molecular flexibility index (Phi) is 7.64. The van der Waals surface area contributed by atoms with Gasteiger partial charge in [0.05, 0.1) is 19.6 Å². The Labute approximate surface area is 221 Å². The van der Waals surface area contributed by atoms with Crippen LogP contribution in [0.3, 0.4) is 0 Å². The fraction of sp³-hybridized carbons (Fsp3) is 0.154. The molecule has 4 aromatic rings. The monoisotopic (exact) mass is 547 g/mol. The molecule has 0 aliphatic rings. The first-order valence-corrected chi connectivity index (χ1v) is 11.8. The predicted molar refractivity (Wildman–Crippen MR) is 141 cm³/mol. The summed E-state index contributed by atoms with van der Waals surface area (Å²) in [5.74, 6) is 0.331. The SMILES string of the molecule is COc1ccc(-c2oc3ccc(Cl)cc3c(=O)c2OC(C)C(=O)Nc2cc(Cl)cc(Cl)c2)cc1OC. The summed E-state index contributed by atoms with van der Waals surface area (Å²) in [5, 5.41) is 3.95. The first-order valence-electron chi connectivity index (χ1n) is 10.6. The van der Waals surface area contributed by atoms with Gasteiger partial charge in [0, 0.05) is 26.3 Å². The van der Waals surface area contributed by atoms with Crippen molar-refractivity contribution in [3.8, 4) is 28.6 Å². The van der Waals surface area contributed by atoms with Gasteiger partial charge in [-0.15, -0.1) is 0 Å². The molecule has 0 aliphatic heterocycles. The van der Waals surface area contributed by atoms with Gasteiger partial charge in [-0.3, -0.25) is 9.59 Å². The van der Waals surface area contributed by atoms with Gasteiger partial charge in [-0.25, -0.2) is 0 Å². The van der Waals surface area contributed by atoms with Gasteiger partial charge in [0.2, 0.25) is 11.2 Å². The number of halogens is 3. The van der Waals surface area contributed by atoms with Crippen LogP contribution in [0, 0.1) is 0 Å². The molecule has 186 valence electrons. The molecule has 0 aliphatic carbocycles. The van der Waals surface area contributed by atoms with Crippen molar-refractivity contribution < 1.29 is 23.4 Å². The lowest BCUT2D eigenvalue weighted by molar-refractivity contribution is -0.122. The van der Waals surface area contributed by atoms with Crippen LogP contribution in [-0.2, 0) is 4.79 Å². The summed E-state index contributed by atoms with van der Waals surface area (Å²) in [6, 6.07) is 14.3. The average Bonchev–Trinajstić information content (AvgIpc) is 2.84. The second-order valence-electron chi connectivity index (χ2n) is 7.71. The van der Waals surface area contributed by atoms with Crippen molar-refractivity contribution in [3.05, 3.63) is 79.9 Å². The van der Waals surface area contributed by atoms with E-state index >= 15 is 0 Å². The highest BCUT2D eigenvalue weighted by atomic mass is 35.5.